The lowest BCUT2D eigenvalue weighted by atomic mass is 10.1. The van der Waals surface area contributed by atoms with Crippen LogP contribution in [0.15, 0.2) is 22.0 Å². The zero-order valence-electron chi connectivity index (χ0n) is 14.6. The number of carbonyl (C=O) groups is 2. The van der Waals surface area contributed by atoms with Crippen molar-refractivity contribution in [2.24, 2.45) is 0 Å². The summed E-state index contributed by atoms with van der Waals surface area (Å²) in [5.74, 6) is -1.83. The monoisotopic (exact) mass is 391 g/mol. The fourth-order valence-electron chi connectivity index (χ4n) is 3.74. The lowest BCUT2D eigenvalue weighted by Gasteiger charge is -2.36. The number of fused-ring (bicyclic) bond motifs is 3. The van der Waals surface area contributed by atoms with Gasteiger partial charge in [-0.15, -0.1) is 0 Å². The van der Waals surface area contributed by atoms with Crippen molar-refractivity contribution in [3.8, 4) is 0 Å². The summed E-state index contributed by atoms with van der Waals surface area (Å²) in [5, 5.41) is 9.87. The van der Waals surface area contributed by atoms with Gasteiger partial charge in [0.05, 0.1) is 28.1 Å². The Balaban J connectivity index is 1.81. The van der Waals surface area contributed by atoms with Crippen LogP contribution in [-0.2, 0) is 4.79 Å². The van der Waals surface area contributed by atoms with Crippen LogP contribution in [0.2, 0.25) is 0 Å². The number of halogens is 1. The summed E-state index contributed by atoms with van der Waals surface area (Å²) in [6, 6.07) is 2.80. The summed E-state index contributed by atoms with van der Waals surface area (Å²) >= 11 is 1.32. The van der Waals surface area contributed by atoms with E-state index in [1.807, 2.05) is 16.7 Å². The molecule has 0 spiro atoms. The first-order valence-corrected chi connectivity index (χ1v) is 9.53. The smallest absolute Gasteiger partial charge is 0.342 e. The van der Waals surface area contributed by atoms with Gasteiger partial charge < -0.3 is 19.4 Å². The second kappa shape index (κ2) is 6.65. The molecule has 0 saturated carbocycles. The minimum absolute atomic E-state index is 0.0241. The Morgan fingerprint density at radius 3 is 2.63 bits per heavy atom. The summed E-state index contributed by atoms with van der Waals surface area (Å²) in [7, 11) is 0. The molecule has 7 nitrogen and oxygen atoms in total. The minimum atomic E-state index is -1.29. The molecule has 1 atom stereocenters. The van der Waals surface area contributed by atoms with Crippen LogP contribution in [0.4, 0.5) is 10.1 Å². The first kappa shape index (κ1) is 18.0. The third-order valence-electron chi connectivity index (χ3n) is 5.13. The molecule has 142 valence electrons. The normalized spacial score (nSPS) is 19.6. The Morgan fingerprint density at radius 2 is 2.04 bits per heavy atom. The van der Waals surface area contributed by atoms with Gasteiger partial charge in [-0.25, -0.2) is 9.18 Å². The lowest BCUT2D eigenvalue weighted by molar-refractivity contribution is -0.108. The highest BCUT2D eigenvalue weighted by molar-refractivity contribution is 8.00. The van der Waals surface area contributed by atoms with E-state index < -0.39 is 17.2 Å². The predicted octanol–water partition coefficient (Wildman–Crippen LogP) is 1.78. The number of carbonyl (C=O) groups excluding carboxylic acids is 1. The largest absolute Gasteiger partial charge is 0.477 e. The molecule has 1 unspecified atom stereocenters. The number of aromatic nitrogens is 1. The molecule has 2 aliphatic heterocycles. The summed E-state index contributed by atoms with van der Waals surface area (Å²) in [6.07, 6.45) is 0.859. The molecule has 1 N–H and O–H groups in total. The molecule has 1 fully saturated rings. The zero-order chi connectivity index (χ0) is 19.3. The lowest BCUT2D eigenvalue weighted by Crippen LogP contribution is -2.47. The molecule has 1 saturated heterocycles. The van der Waals surface area contributed by atoms with Crippen LogP contribution in [0, 0.1) is 5.82 Å². The number of thioether (sulfide) groups is 1. The van der Waals surface area contributed by atoms with E-state index in [0.717, 1.165) is 12.4 Å². The maximum absolute atomic E-state index is 14.8. The van der Waals surface area contributed by atoms with Gasteiger partial charge in [0, 0.05) is 31.6 Å². The van der Waals surface area contributed by atoms with E-state index in [1.54, 1.807) is 10.6 Å². The molecule has 0 amide bonds. The van der Waals surface area contributed by atoms with Crippen molar-refractivity contribution in [3.05, 3.63) is 33.7 Å². The number of aromatic carboxylic acids is 1. The second-order valence-corrected chi connectivity index (χ2v) is 7.98. The maximum atomic E-state index is 14.8. The van der Waals surface area contributed by atoms with Gasteiger partial charge in [-0.1, -0.05) is 11.8 Å². The topological polar surface area (TPSA) is 82.8 Å². The number of anilines is 1. The number of aldehydes is 1. The van der Waals surface area contributed by atoms with Gasteiger partial charge in [-0.2, -0.15) is 0 Å². The van der Waals surface area contributed by atoms with Gasteiger partial charge in [0.15, 0.2) is 0 Å². The molecular formula is C18H18FN3O4S. The fraction of sp³-hybridized carbons (Fsp3) is 0.389. The molecule has 2 aliphatic rings. The highest BCUT2D eigenvalue weighted by atomic mass is 32.2. The van der Waals surface area contributed by atoms with E-state index in [0.29, 0.717) is 49.0 Å². The molecule has 2 aromatic rings. The van der Waals surface area contributed by atoms with Crippen molar-refractivity contribution in [1.82, 2.24) is 9.47 Å². The Morgan fingerprint density at radius 1 is 1.33 bits per heavy atom. The van der Waals surface area contributed by atoms with Crippen molar-refractivity contribution in [2.75, 3.05) is 37.6 Å². The van der Waals surface area contributed by atoms with Crippen LogP contribution in [0.1, 0.15) is 22.7 Å². The summed E-state index contributed by atoms with van der Waals surface area (Å²) in [5.41, 5.74) is 0.0112. The molecule has 1 aromatic carbocycles. The quantitative estimate of drug-likeness (QED) is 0.796. The number of benzene rings is 1. The van der Waals surface area contributed by atoms with Crippen LogP contribution in [-0.4, -0.2) is 59.6 Å². The number of carboxylic acid groups (broad SMARTS) is 1. The van der Waals surface area contributed by atoms with Gasteiger partial charge >= 0.3 is 5.97 Å². The summed E-state index contributed by atoms with van der Waals surface area (Å²) in [6.45, 7) is 4.73. The molecule has 0 aliphatic carbocycles. The van der Waals surface area contributed by atoms with Crippen LogP contribution in [0.25, 0.3) is 10.9 Å². The van der Waals surface area contributed by atoms with Gasteiger partial charge in [0.1, 0.15) is 17.7 Å². The summed E-state index contributed by atoms with van der Waals surface area (Å²) in [4.78, 5) is 38.7. The van der Waals surface area contributed by atoms with E-state index in [9.17, 15) is 23.9 Å². The standard InChI is InChI=1S/C18H18FN3O4S/c1-10-22-13-9-14(21-4-2-20(3-5-21)6-7-23)12(19)8-11(13)16(24)15(18(25)26)17(22)27-10/h7-10H,2-6H2,1H3,(H,25,26). The number of carboxylic acids is 1. The van der Waals surface area contributed by atoms with Crippen LogP contribution in [0.5, 0.6) is 0 Å². The number of nitrogens with zero attached hydrogens (tertiary/aromatic N) is 3. The van der Waals surface area contributed by atoms with Crippen molar-refractivity contribution in [3.63, 3.8) is 0 Å². The van der Waals surface area contributed by atoms with Crippen LogP contribution >= 0.6 is 11.8 Å². The first-order chi connectivity index (χ1) is 12.9. The Bertz CT molecular complexity index is 1010. The van der Waals surface area contributed by atoms with E-state index in [-0.39, 0.29) is 16.3 Å². The van der Waals surface area contributed by atoms with Crippen molar-refractivity contribution >= 4 is 40.6 Å². The number of piperazine rings is 1. The molecule has 0 radical (unpaired) electrons. The predicted molar refractivity (Wildman–Crippen MR) is 100 cm³/mol. The van der Waals surface area contributed by atoms with Crippen molar-refractivity contribution in [2.45, 2.75) is 17.3 Å². The van der Waals surface area contributed by atoms with E-state index in [1.165, 1.54) is 11.8 Å². The average molecular weight is 391 g/mol. The molecule has 1 aromatic heterocycles. The molecule has 4 rings (SSSR count). The minimum Gasteiger partial charge on any atom is -0.477 e. The SMILES string of the molecule is CC1Sc2c(C(=O)O)c(=O)c3cc(F)c(N4CCN(CC=O)CC4)cc3n21. The van der Waals surface area contributed by atoms with Gasteiger partial charge in [-0.3, -0.25) is 9.69 Å². The first-order valence-electron chi connectivity index (χ1n) is 8.65. The number of hydrogen-bond acceptors (Lipinski definition) is 6. The molecule has 0 bridgehead atoms. The van der Waals surface area contributed by atoms with Crippen LogP contribution in [0.3, 0.4) is 0 Å². The fourth-order valence-corrected chi connectivity index (χ4v) is 4.90. The third-order valence-corrected chi connectivity index (χ3v) is 6.31. The van der Waals surface area contributed by atoms with E-state index >= 15 is 0 Å². The van der Waals surface area contributed by atoms with E-state index in [4.69, 9.17) is 0 Å². The van der Waals surface area contributed by atoms with Gasteiger partial charge in [-0.05, 0) is 19.1 Å². The molecular weight excluding hydrogens is 373 g/mol. The molecule has 9 heteroatoms. The number of rotatable bonds is 4. The Hall–Kier alpha value is -2.39. The van der Waals surface area contributed by atoms with E-state index in [2.05, 4.69) is 0 Å². The van der Waals surface area contributed by atoms with Crippen LogP contribution < -0.4 is 10.3 Å². The maximum Gasteiger partial charge on any atom is 0.342 e. The Kier molecular flexibility index (Phi) is 4.43. The van der Waals surface area contributed by atoms with Gasteiger partial charge in [0.2, 0.25) is 5.43 Å². The number of pyridine rings is 1. The van der Waals surface area contributed by atoms with Crippen molar-refractivity contribution in [1.29, 1.82) is 0 Å². The number of hydrogen-bond donors (Lipinski definition) is 1. The third kappa shape index (κ3) is 2.81. The van der Waals surface area contributed by atoms with Gasteiger partial charge in [0.25, 0.3) is 0 Å². The summed E-state index contributed by atoms with van der Waals surface area (Å²) < 4.78 is 16.6. The Labute approximate surface area is 158 Å². The highest BCUT2D eigenvalue weighted by Crippen LogP contribution is 2.46. The zero-order valence-corrected chi connectivity index (χ0v) is 15.5. The molecule has 27 heavy (non-hydrogen) atoms. The average Bonchev–Trinajstić information content (AvgIpc) is 2.62. The van der Waals surface area contributed by atoms with Crippen molar-refractivity contribution < 1.29 is 19.1 Å². The molecule has 3 heterocycles. The second-order valence-electron chi connectivity index (χ2n) is 6.68. The highest BCUT2D eigenvalue weighted by Gasteiger charge is 2.33.